The van der Waals surface area contributed by atoms with E-state index in [2.05, 4.69) is 68.2 Å². The predicted octanol–water partition coefficient (Wildman–Crippen LogP) is 4.25. The Balaban J connectivity index is 2.39. The number of ether oxygens (including phenoxy) is 1. The summed E-state index contributed by atoms with van der Waals surface area (Å²) in [6.45, 7) is 10.7. The number of carbonyl (C=O) groups excluding carboxylic acids is 1. The molecule has 0 aromatic heterocycles. The Morgan fingerprint density at radius 3 is 2.36 bits per heavy atom. The van der Waals surface area contributed by atoms with Crippen molar-refractivity contribution in [2.45, 2.75) is 46.0 Å². The van der Waals surface area contributed by atoms with Gasteiger partial charge in [0.2, 0.25) is 0 Å². The number of methoxy groups -OCH3 is 1. The first kappa shape index (κ1) is 17.9. The molecular weight excluding hydrogens is 407 g/mol. The summed E-state index contributed by atoms with van der Waals surface area (Å²) >= 11 is 2.33. The molecule has 0 saturated heterocycles. The van der Waals surface area contributed by atoms with Crippen molar-refractivity contribution in [3.05, 3.63) is 33.4 Å². The number of carbonyl (C=O) groups is 1. The van der Waals surface area contributed by atoms with Crippen molar-refractivity contribution >= 4 is 36.9 Å². The van der Waals surface area contributed by atoms with Gasteiger partial charge in [0, 0.05) is 8.99 Å². The largest absolute Gasteiger partial charge is 0.468 e. The molecule has 1 aliphatic carbocycles. The normalized spacial score (nSPS) is 26.6. The van der Waals surface area contributed by atoms with Gasteiger partial charge in [-0.3, -0.25) is 4.79 Å². The second-order valence-corrected chi connectivity index (χ2v) is 13.2. The van der Waals surface area contributed by atoms with Gasteiger partial charge in [0.05, 0.1) is 13.2 Å². The first-order valence-electron chi connectivity index (χ1n) is 7.56. The molecule has 0 radical (unpaired) electrons. The molecule has 0 bridgehead atoms. The van der Waals surface area contributed by atoms with E-state index in [1.54, 1.807) is 0 Å². The molecule has 2 rings (SSSR count). The molecule has 1 aliphatic rings. The van der Waals surface area contributed by atoms with Crippen molar-refractivity contribution in [2.75, 3.05) is 7.11 Å². The third-order valence-electron chi connectivity index (χ3n) is 4.62. The predicted molar refractivity (Wildman–Crippen MR) is 99.3 cm³/mol. The van der Waals surface area contributed by atoms with Crippen LogP contribution in [0.5, 0.6) is 0 Å². The topological polar surface area (TPSA) is 35.5 Å². The fourth-order valence-electron chi connectivity index (χ4n) is 3.29. The van der Waals surface area contributed by atoms with Crippen molar-refractivity contribution in [1.82, 2.24) is 0 Å². The van der Waals surface area contributed by atoms with E-state index < -0.39 is 13.7 Å². The van der Waals surface area contributed by atoms with Gasteiger partial charge in [-0.15, -0.1) is 0 Å². The van der Waals surface area contributed by atoms with Crippen molar-refractivity contribution in [3.8, 4) is 0 Å². The van der Waals surface area contributed by atoms with E-state index in [0.717, 1.165) is 0 Å². The van der Waals surface area contributed by atoms with Crippen LogP contribution in [0, 0.1) is 14.4 Å². The van der Waals surface area contributed by atoms with Crippen LogP contribution >= 0.6 is 22.6 Å². The van der Waals surface area contributed by atoms with Gasteiger partial charge in [-0.25, -0.2) is 0 Å². The van der Waals surface area contributed by atoms with Gasteiger partial charge in [0.1, 0.15) is 5.41 Å². The van der Waals surface area contributed by atoms with Gasteiger partial charge in [0.25, 0.3) is 0 Å². The Kier molecular flexibility index (Phi) is 4.82. The van der Waals surface area contributed by atoms with E-state index in [1.807, 2.05) is 12.1 Å². The lowest BCUT2D eigenvalue weighted by atomic mass is 9.89. The highest BCUT2D eigenvalue weighted by Gasteiger charge is 2.77. The first-order valence-corrected chi connectivity index (χ1v) is 12.0. The molecule has 0 aliphatic heterocycles. The zero-order valence-electron chi connectivity index (χ0n) is 14.2. The summed E-state index contributed by atoms with van der Waals surface area (Å²) in [6, 6.07) is 8.20. The molecule has 0 unspecified atom stereocenters. The van der Waals surface area contributed by atoms with Crippen molar-refractivity contribution in [3.63, 3.8) is 0 Å². The second-order valence-electron chi connectivity index (χ2n) is 7.56. The summed E-state index contributed by atoms with van der Waals surface area (Å²) in [7, 11) is -0.262. The molecule has 0 amide bonds. The lowest BCUT2D eigenvalue weighted by molar-refractivity contribution is -0.149. The quantitative estimate of drug-likeness (QED) is 0.397. The van der Waals surface area contributed by atoms with Crippen LogP contribution in [0.3, 0.4) is 0 Å². The minimum Gasteiger partial charge on any atom is -0.468 e. The van der Waals surface area contributed by atoms with Crippen molar-refractivity contribution < 1.29 is 14.0 Å². The maximum atomic E-state index is 12.6. The van der Waals surface area contributed by atoms with E-state index in [9.17, 15) is 4.79 Å². The van der Waals surface area contributed by atoms with Crippen LogP contribution in [0.2, 0.25) is 19.6 Å². The number of esters is 1. The molecule has 22 heavy (non-hydrogen) atoms. The van der Waals surface area contributed by atoms with Crippen LogP contribution in [0.1, 0.15) is 19.4 Å². The smallest absolute Gasteiger partial charge is 0.315 e. The summed E-state index contributed by atoms with van der Waals surface area (Å²) < 4.78 is 12.7. The molecule has 1 saturated carbocycles. The minimum atomic E-state index is -1.73. The third-order valence-corrected chi connectivity index (χ3v) is 6.61. The van der Waals surface area contributed by atoms with Crippen molar-refractivity contribution in [1.29, 1.82) is 0 Å². The lowest BCUT2D eigenvalue weighted by Crippen LogP contribution is -2.32. The fraction of sp³-hybridized carbons (Fsp3) is 0.588. The maximum Gasteiger partial charge on any atom is 0.315 e. The van der Waals surface area contributed by atoms with Gasteiger partial charge >= 0.3 is 5.97 Å². The number of rotatable bonds is 5. The summed E-state index contributed by atoms with van der Waals surface area (Å²) in [5.41, 5.74) is 0.394. The van der Waals surface area contributed by atoms with E-state index in [-0.39, 0.29) is 17.5 Å². The number of benzene rings is 1. The molecule has 0 heterocycles. The van der Waals surface area contributed by atoms with Gasteiger partial charge < -0.3 is 9.16 Å². The van der Waals surface area contributed by atoms with Crippen LogP contribution in [0.15, 0.2) is 24.3 Å². The molecule has 5 heteroatoms. The summed E-state index contributed by atoms with van der Waals surface area (Å²) in [5.74, 6) is -0.152. The zero-order chi connectivity index (χ0) is 16.8. The molecule has 0 N–H and O–H groups in total. The molecule has 1 aromatic carbocycles. The standard InChI is InChI=1S/C17H25IO3Si/c1-16(2)14(21-22(4,5)6)17(16,15(19)20-3)11-12-9-7-8-10-13(12)18/h7-10,14H,11H2,1-6H3/t14-,17-/m0/s1. The Morgan fingerprint density at radius 2 is 1.86 bits per heavy atom. The van der Waals surface area contributed by atoms with E-state index in [1.165, 1.54) is 16.2 Å². The van der Waals surface area contributed by atoms with E-state index in [4.69, 9.17) is 9.16 Å². The van der Waals surface area contributed by atoms with Crippen LogP contribution in [-0.4, -0.2) is 27.5 Å². The molecule has 1 aromatic rings. The monoisotopic (exact) mass is 432 g/mol. The molecule has 3 nitrogen and oxygen atoms in total. The second kappa shape index (κ2) is 5.91. The third kappa shape index (κ3) is 2.99. The highest BCUT2D eigenvalue weighted by Crippen LogP contribution is 2.67. The van der Waals surface area contributed by atoms with Crippen LogP contribution in [0.4, 0.5) is 0 Å². The highest BCUT2D eigenvalue weighted by atomic mass is 127. The van der Waals surface area contributed by atoms with Crippen LogP contribution < -0.4 is 0 Å². The lowest BCUT2D eigenvalue weighted by Gasteiger charge is -2.21. The SMILES string of the molecule is COC(=O)[C@]1(Cc2ccccc2I)[C@@H](O[Si](C)(C)C)C1(C)C. The fourth-order valence-corrected chi connectivity index (χ4v) is 5.07. The Hall–Kier alpha value is -0.403. The van der Waals surface area contributed by atoms with Gasteiger partial charge in [-0.1, -0.05) is 32.0 Å². The van der Waals surface area contributed by atoms with Gasteiger partial charge in [-0.2, -0.15) is 0 Å². The maximum absolute atomic E-state index is 12.6. The number of hydrogen-bond donors (Lipinski definition) is 0. The average Bonchev–Trinajstić information content (AvgIpc) is 2.86. The molecule has 0 spiro atoms. The van der Waals surface area contributed by atoms with Gasteiger partial charge in [0.15, 0.2) is 8.32 Å². The van der Waals surface area contributed by atoms with E-state index in [0.29, 0.717) is 6.42 Å². The first-order chi connectivity index (χ1) is 10.1. The summed E-state index contributed by atoms with van der Waals surface area (Å²) in [4.78, 5) is 12.6. The highest BCUT2D eigenvalue weighted by molar-refractivity contribution is 14.1. The Morgan fingerprint density at radius 1 is 1.27 bits per heavy atom. The number of halogens is 1. The molecule has 1 fully saturated rings. The summed E-state index contributed by atoms with van der Waals surface area (Å²) in [5, 5.41) is 0. The Bertz CT molecular complexity index is 580. The average molecular weight is 432 g/mol. The molecule has 122 valence electrons. The summed E-state index contributed by atoms with van der Waals surface area (Å²) in [6.07, 6.45) is 0.594. The van der Waals surface area contributed by atoms with E-state index >= 15 is 0 Å². The zero-order valence-corrected chi connectivity index (χ0v) is 17.4. The molecule has 2 atom stereocenters. The van der Waals surface area contributed by atoms with Crippen LogP contribution in [-0.2, 0) is 20.4 Å². The van der Waals surface area contributed by atoms with Crippen LogP contribution in [0.25, 0.3) is 0 Å². The van der Waals surface area contributed by atoms with Gasteiger partial charge in [-0.05, 0) is 60.3 Å². The molecular formula is C17H25IO3Si. The minimum absolute atomic E-state index is 0.0740. The Labute approximate surface area is 148 Å². The van der Waals surface area contributed by atoms with Crippen molar-refractivity contribution in [2.24, 2.45) is 10.8 Å². The number of hydrogen-bond acceptors (Lipinski definition) is 3.